The summed E-state index contributed by atoms with van der Waals surface area (Å²) in [5, 5.41) is 4.00. The SMILES string of the molecule is CC(C)NCc1ccc(-c2ccc(Br)cc2Cl)o1.Cl. The monoisotopic (exact) mass is 363 g/mol. The van der Waals surface area contributed by atoms with Crippen LogP contribution < -0.4 is 5.32 Å². The largest absolute Gasteiger partial charge is 0.460 e. The Morgan fingerprint density at radius 2 is 2.00 bits per heavy atom. The van der Waals surface area contributed by atoms with E-state index in [-0.39, 0.29) is 12.4 Å². The van der Waals surface area contributed by atoms with Crippen LogP contribution in [-0.4, -0.2) is 6.04 Å². The van der Waals surface area contributed by atoms with Crippen molar-refractivity contribution in [3.8, 4) is 11.3 Å². The van der Waals surface area contributed by atoms with Crippen molar-refractivity contribution in [3.63, 3.8) is 0 Å². The molecule has 1 aromatic carbocycles. The van der Waals surface area contributed by atoms with Gasteiger partial charge in [-0.15, -0.1) is 12.4 Å². The highest BCUT2D eigenvalue weighted by Crippen LogP contribution is 2.31. The quantitative estimate of drug-likeness (QED) is 0.797. The van der Waals surface area contributed by atoms with Gasteiger partial charge in [0.05, 0.1) is 11.6 Å². The highest BCUT2D eigenvalue weighted by atomic mass is 79.9. The number of furan rings is 1. The number of hydrogen-bond acceptors (Lipinski definition) is 2. The third-order valence-electron chi connectivity index (χ3n) is 2.54. The fraction of sp³-hybridized carbons (Fsp3) is 0.286. The lowest BCUT2D eigenvalue weighted by Crippen LogP contribution is -2.21. The summed E-state index contributed by atoms with van der Waals surface area (Å²) >= 11 is 9.58. The predicted molar refractivity (Wildman–Crippen MR) is 86.1 cm³/mol. The molecule has 104 valence electrons. The molecule has 0 aliphatic heterocycles. The molecule has 0 saturated heterocycles. The summed E-state index contributed by atoms with van der Waals surface area (Å²) in [6, 6.07) is 10.1. The summed E-state index contributed by atoms with van der Waals surface area (Å²) < 4.78 is 6.74. The molecule has 0 aliphatic carbocycles. The lowest BCUT2D eigenvalue weighted by Gasteiger charge is -2.05. The van der Waals surface area contributed by atoms with E-state index in [0.717, 1.165) is 28.1 Å². The van der Waals surface area contributed by atoms with Gasteiger partial charge in [-0.05, 0) is 30.3 Å². The minimum Gasteiger partial charge on any atom is -0.460 e. The lowest BCUT2D eigenvalue weighted by molar-refractivity contribution is 0.473. The van der Waals surface area contributed by atoms with E-state index in [1.54, 1.807) is 0 Å². The zero-order chi connectivity index (χ0) is 13.1. The molecule has 0 amide bonds. The third-order valence-corrected chi connectivity index (χ3v) is 3.35. The Bertz CT molecular complexity index is 540. The van der Waals surface area contributed by atoms with E-state index >= 15 is 0 Å². The summed E-state index contributed by atoms with van der Waals surface area (Å²) in [6.45, 7) is 4.94. The van der Waals surface area contributed by atoms with Crippen molar-refractivity contribution in [3.05, 3.63) is 45.6 Å². The molecule has 0 bridgehead atoms. The molecule has 0 spiro atoms. The smallest absolute Gasteiger partial charge is 0.135 e. The Hall–Kier alpha value is -0.480. The van der Waals surface area contributed by atoms with Gasteiger partial charge in [-0.2, -0.15) is 0 Å². The molecule has 2 nitrogen and oxygen atoms in total. The van der Waals surface area contributed by atoms with Gasteiger partial charge in [0, 0.05) is 16.1 Å². The molecule has 0 aliphatic rings. The Morgan fingerprint density at radius 3 is 2.63 bits per heavy atom. The van der Waals surface area contributed by atoms with Crippen LogP contribution in [-0.2, 0) is 6.54 Å². The molecule has 0 fully saturated rings. The van der Waals surface area contributed by atoms with E-state index in [9.17, 15) is 0 Å². The van der Waals surface area contributed by atoms with Crippen LogP contribution in [0.1, 0.15) is 19.6 Å². The van der Waals surface area contributed by atoms with Gasteiger partial charge < -0.3 is 9.73 Å². The third kappa shape index (κ3) is 4.53. The van der Waals surface area contributed by atoms with Gasteiger partial charge in [-0.25, -0.2) is 0 Å². The number of benzene rings is 1. The number of nitrogens with one attached hydrogen (secondary N) is 1. The van der Waals surface area contributed by atoms with Gasteiger partial charge in [-0.3, -0.25) is 0 Å². The van der Waals surface area contributed by atoms with Gasteiger partial charge in [0.25, 0.3) is 0 Å². The first-order valence-corrected chi connectivity index (χ1v) is 7.01. The van der Waals surface area contributed by atoms with Crippen molar-refractivity contribution in [2.24, 2.45) is 0 Å². The maximum atomic E-state index is 6.20. The predicted octanol–water partition coefficient (Wildman–Crippen LogP) is 5.28. The van der Waals surface area contributed by atoms with Crippen LogP contribution in [0.15, 0.2) is 39.2 Å². The van der Waals surface area contributed by atoms with E-state index in [0.29, 0.717) is 11.1 Å². The maximum Gasteiger partial charge on any atom is 0.135 e. The molecule has 2 rings (SSSR count). The second kappa shape index (κ2) is 7.34. The molecular weight excluding hydrogens is 349 g/mol. The average molecular weight is 365 g/mol. The van der Waals surface area contributed by atoms with Gasteiger partial charge in [0.2, 0.25) is 0 Å². The second-order valence-electron chi connectivity index (χ2n) is 4.43. The van der Waals surface area contributed by atoms with Crippen molar-refractivity contribution in [1.29, 1.82) is 0 Å². The van der Waals surface area contributed by atoms with Crippen molar-refractivity contribution < 1.29 is 4.42 Å². The second-order valence-corrected chi connectivity index (χ2v) is 5.75. The van der Waals surface area contributed by atoms with Crippen molar-refractivity contribution in [1.82, 2.24) is 5.32 Å². The minimum absolute atomic E-state index is 0. The Labute approximate surface area is 133 Å². The maximum absolute atomic E-state index is 6.20. The molecule has 0 atom stereocenters. The van der Waals surface area contributed by atoms with Crippen molar-refractivity contribution in [2.75, 3.05) is 0 Å². The molecule has 2 aromatic rings. The van der Waals surface area contributed by atoms with Crippen LogP contribution in [0.3, 0.4) is 0 Å². The molecule has 19 heavy (non-hydrogen) atoms. The van der Waals surface area contributed by atoms with E-state index in [2.05, 4.69) is 35.1 Å². The summed E-state index contributed by atoms with van der Waals surface area (Å²) in [7, 11) is 0. The van der Waals surface area contributed by atoms with Crippen molar-refractivity contribution in [2.45, 2.75) is 26.4 Å². The molecule has 0 radical (unpaired) electrons. The standard InChI is InChI=1S/C14H15BrClNO.ClH/c1-9(2)17-8-11-4-6-14(18-11)12-5-3-10(15)7-13(12)16;/h3-7,9,17H,8H2,1-2H3;1H. The molecule has 5 heteroatoms. The molecule has 0 unspecified atom stereocenters. The van der Waals surface area contributed by atoms with Gasteiger partial charge in [-0.1, -0.05) is 41.4 Å². The van der Waals surface area contributed by atoms with E-state index in [1.807, 2.05) is 30.3 Å². The normalized spacial score (nSPS) is 10.6. The highest BCUT2D eigenvalue weighted by molar-refractivity contribution is 9.10. The topological polar surface area (TPSA) is 25.2 Å². The van der Waals surface area contributed by atoms with E-state index in [1.165, 1.54) is 0 Å². The molecule has 1 N–H and O–H groups in total. The van der Waals surface area contributed by atoms with Crippen LogP contribution in [0, 0.1) is 0 Å². The zero-order valence-electron chi connectivity index (χ0n) is 10.7. The number of hydrogen-bond donors (Lipinski definition) is 1. The zero-order valence-corrected chi connectivity index (χ0v) is 13.9. The van der Waals surface area contributed by atoms with Crippen LogP contribution in [0.5, 0.6) is 0 Å². The average Bonchev–Trinajstić information content (AvgIpc) is 2.75. The Balaban J connectivity index is 0.00000180. The fourth-order valence-electron chi connectivity index (χ4n) is 1.61. The van der Waals surface area contributed by atoms with Crippen LogP contribution in [0.4, 0.5) is 0 Å². The molecule has 0 saturated carbocycles. The van der Waals surface area contributed by atoms with Crippen LogP contribution >= 0.6 is 39.9 Å². The summed E-state index contributed by atoms with van der Waals surface area (Å²) in [4.78, 5) is 0. The molecule has 1 heterocycles. The highest BCUT2D eigenvalue weighted by Gasteiger charge is 2.09. The molecular formula is C14H16BrCl2NO. The first-order valence-electron chi connectivity index (χ1n) is 5.84. The Kier molecular flexibility index (Phi) is 6.40. The van der Waals surface area contributed by atoms with E-state index in [4.69, 9.17) is 16.0 Å². The molecule has 1 aromatic heterocycles. The van der Waals surface area contributed by atoms with Gasteiger partial charge >= 0.3 is 0 Å². The summed E-state index contributed by atoms with van der Waals surface area (Å²) in [5.74, 6) is 1.71. The minimum atomic E-state index is 0. The van der Waals surface area contributed by atoms with Crippen LogP contribution in [0.25, 0.3) is 11.3 Å². The van der Waals surface area contributed by atoms with Gasteiger partial charge in [0.15, 0.2) is 0 Å². The van der Waals surface area contributed by atoms with Gasteiger partial charge in [0.1, 0.15) is 11.5 Å². The number of halogens is 3. The number of rotatable bonds is 4. The van der Waals surface area contributed by atoms with E-state index < -0.39 is 0 Å². The Morgan fingerprint density at radius 1 is 1.26 bits per heavy atom. The van der Waals surface area contributed by atoms with Crippen molar-refractivity contribution >= 4 is 39.9 Å². The fourth-order valence-corrected chi connectivity index (χ4v) is 2.38. The first kappa shape index (κ1) is 16.6. The summed E-state index contributed by atoms with van der Waals surface area (Å²) in [5.41, 5.74) is 0.913. The summed E-state index contributed by atoms with van der Waals surface area (Å²) in [6.07, 6.45) is 0. The van der Waals surface area contributed by atoms with Crippen LogP contribution in [0.2, 0.25) is 5.02 Å². The lowest BCUT2D eigenvalue weighted by atomic mass is 10.2. The first-order chi connectivity index (χ1) is 8.56.